The number of benzene rings is 1. The standard InChI is InChI=1S/C18H21NO4.C4H10.H3N/c1-3-4-10-19-13(2)11-15(20)17(16(19)18(21)22)23-12-14-8-6-5-7-9-14;1-3-4-2;/h5-9,11H,3-4,10,12H2,1-2H3,(H,21,22);3-4H2,1-2H3;1H3. The number of carbonyl (C=O) groups is 1. The maximum Gasteiger partial charge on any atom is 0.356 e. The van der Waals surface area contributed by atoms with E-state index in [0.29, 0.717) is 12.2 Å². The third kappa shape index (κ3) is 7.56. The van der Waals surface area contributed by atoms with Crippen LogP contribution in [0.3, 0.4) is 0 Å². The lowest BCUT2D eigenvalue weighted by atomic mass is 10.2. The summed E-state index contributed by atoms with van der Waals surface area (Å²) in [5, 5.41) is 9.55. The SMILES string of the molecule is CCCC.CCCCn1c(C)cc(=O)c(OCc2ccccc2)c1C(=O)O.N. The Hall–Kier alpha value is -2.60. The zero-order chi connectivity index (χ0) is 20.2. The van der Waals surface area contributed by atoms with Crippen molar-refractivity contribution in [3.8, 4) is 5.75 Å². The minimum Gasteiger partial charge on any atom is -0.482 e. The smallest absolute Gasteiger partial charge is 0.356 e. The molecule has 28 heavy (non-hydrogen) atoms. The lowest BCUT2D eigenvalue weighted by Gasteiger charge is -2.17. The first-order chi connectivity index (χ1) is 13.0. The highest BCUT2D eigenvalue weighted by Gasteiger charge is 2.21. The van der Waals surface area contributed by atoms with Gasteiger partial charge >= 0.3 is 5.97 Å². The Morgan fingerprint density at radius 3 is 2.18 bits per heavy atom. The van der Waals surface area contributed by atoms with Crippen molar-refractivity contribution in [3.05, 3.63) is 63.6 Å². The molecule has 0 aliphatic rings. The summed E-state index contributed by atoms with van der Waals surface area (Å²) in [7, 11) is 0. The van der Waals surface area contributed by atoms with E-state index >= 15 is 0 Å². The van der Waals surface area contributed by atoms with Crippen molar-refractivity contribution in [2.24, 2.45) is 0 Å². The lowest BCUT2D eigenvalue weighted by molar-refractivity contribution is 0.0676. The van der Waals surface area contributed by atoms with Crippen LogP contribution in [0.5, 0.6) is 5.75 Å². The summed E-state index contributed by atoms with van der Waals surface area (Å²) in [5.74, 6) is -1.24. The normalized spacial score (nSPS) is 9.71. The van der Waals surface area contributed by atoms with Gasteiger partial charge in [-0.15, -0.1) is 0 Å². The van der Waals surface area contributed by atoms with Crippen LogP contribution in [0.1, 0.15) is 68.2 Å². The number of hydrogen-bond donors (Lipinski definition) is 2. The van der Waals surface area contributed by atoms with Crippen LogP contribution < -0.4 is 16.3 Å². The Morgan fingerprint density at radius 2 is 1.68 bits per heavy atom. The number of rotatable bonds is 8. The van der Waals surface area contributed by atoms with Crippen molar-refractivity contribution < 1.29 is 14.6 Å². The first-order valence-corrected chi connectivity index (χ1v) is 9.60. The van der Waals surface area contributed by atoms with Gasteiger partial charge in [-0.1, -0.05) is 70.4 Å². The average Bonchev–Trinajstić information content (AvgIpc) is 2.66. The van der Waals surface area contributed by atoms with Gasteiger partial charge in [0.05, 0.1) is 0 Å². The van der Waals surface area contributed by atoms with E-state index in [-0.39, 0.29) is 24.2 Å². The van der Waals surface area contributed by atoms with Gasteiger partial charge in [-0.2, -0.15) is 0 Å². The van der Waals surface area contributed by atoms with Gasteiger partial charge in [0, 0.05) is 18.3 Å². The highest BCUT2D eigenvalue weighted by Crippen LogP contribution is 2.18. The molecule has 6 heteroatoms. The third-order valence-electron chi connectivity index (χ3n) is 4.14. The molecule has 0 fully saturated rings. The summed E-state index contributed by atoms with van der Waals surface area (Å²) in [4.78, 5) is 23.9. The van der Waals surface area contributed by atoms with Gasteiger partial charge in [0.1, 0.15) is 6.61 Å². The van der Waals surface area contributed by atoms with Crippen LogP contribution >= 0.6 is 0 Å². The summed E-state index contributed by atoms with van der Waals surface area (Å²) >= 11 is 0. The number of pyridine rings is 1. The molecule has 6 nitrogen and oxygen atoms in total. The molecule has 0 radical (unpaired) electrons. The molecule has 1 aromatic heterocycles. The van der Waals surface area contributed by atoms with E-state index in [1.807, 2.05) is 37.3 Å². The maximum atomic E-state index is 12.2. The Balaban J connectivity index is 0.00000133. The van der Waals surface area contributed by atoms with Gasteiger partial charge in [-0.25, -0.2) is 4.79 Å². The van der Waals surface area contributed by atoms with Crippen LogP contribution in [0.25, 0.3) is 0 Å². The minimum absolute atomic E-state index is 0. The number of carboxylic acids is 1. The molecule has 1 heterocycles. The van der Waals surface area contributed by atoms with Crippen molar-refractivity contribution in [2.75, 3.05) is 0 Å². The van der Waals surface area contributed by atoms with Gasteiger partial charge in [0.15, 0.2) is 11.4 Å². The zero-order valence-electron chi connectivity index (χ0n) is 17.5. The quantitative estimate of drug-likeness (QED) is 0.644. The first-order valence-electron chi connectivity index (χ1n) is 9.60. The average molecular weight is 391 g/mol. The maximum absolute atomic E-state index is 12.2. The Morgan fingerprint density at radius 1 is 1.07 bits per heavy atom. The summed E-state index contributed by atoms with van der Waals surface area (Å²) in [6.07, 6.45) is 4.41. The molecule has 2 aromatic rings. The van der Waals surface area contributed by atoms with Crippen LogP contribution in [0.2, 0.25) is 0 Å². The van der Waals surface area contributed by atoms with E-state index in [1.54, 1.807) is 11.5 Å². The summed E-state index contributed by atoms with van der Waals surface area (Å²) in [6.45, 7) is 8.84. The molecule has 1 aromatic carbocycles. The van der Waals surface area contributed by atoms with Crippen LogP contribution in [-0.2, 0) is 13.2 Å². The van der Waals surface area contributed by atoms with E-state index in [4.69, 9.17) is 4.74 Å². The lowest BCUT2D eigenvalue weighted by Crippen LogP contribution is -2.23. The summed E-state index contributed by atoms with van der Waals surface area (Å²) in [5.41, 5.74) is 1.04. The van der Waals surface area contributed by atoms with Gasteiger partial charge in [-0.3, -0.25) is 4.79 Å². The highest BCUT2D eigenvalue weighted by molar-refractivity contribution is 5.89. The number of carboxylic acid groups (broad SMARTS) is 1. The molecule has 0 aliphatic carbocycles. The number of aromatic nitrogens is 1. The van der Waals surface area contributed by atoms with Gasteiger partial charge < -0.3 is 20.6 Å². The van der Waals surface area contributed by atoms with Crippen LogP contribution in [0.4, 0.5) is 0 Å². The van der Waals surface area contributed by atoms with Crippen molar-refractivity contribution in [1.82, 2.24) is 10.7 Å². The molecular formula is C22H34N2O4. The Kier molecular flexibility index (Phi) is 12.3. The predicted molar refractivity (Wildman–Crippen MR) is 114 cm³/mol. The molecule has 0 unspecified atom stereocenters. The van der Waals surface area contributed by atoms with Crippen LogP contribution in [0.15, 0.2) is 41.2 Å². The topological polar surface area (TPSA) is 104 Å². The zero-order valence-corrected chi connectivity index (χ0v) is 17.5. The molecule has 4 N–H and O–H groups in total. The van der Waals surface area contributed by atoms with Crippen molar-refractivity contribution in [3.63, 3.8) is 0 Å². The highest BCUT2D eigenvalue weighted by atomic mass is 16.5. The fourth-order valence-electron chi connectivity index (χ4n) is 2.43. The molecule has 0 saturated heterocycles. The van der Waals surface area contributed by atoms with E-state index in [9.17, 15) is 14.7 Å². The fraction of sp³-hybridized carbons (Fsp3) is 0.455. The van der Waals surface area contributed by atoms with E-state index < -0.39 is 11.4 Å². The Labute approximate surface area is 167 Å². The van der Waals surface area contributed by atoms with Crippen LogP contribution in [-0.4, -0.2) is 15.6 Å². The summed E-state index contributed by atoms with van der Waals surface area (Å²) in [6, 6.07) is 10.8. The van der Waals surface area contributed by atoms with Gasteiger partial charge in [-0.05, 0) is 18.9 Å². The molecule has 2 rings (SSSR count). The number of ether oxygens (including phenoxy) is 1. The van der Waals surface area contributed by atoms with E-state index in [0.717, 1.165) is 18.4 Å². The molecule has 0 spiro atoms. The van der Waals surface area contributed by atoms with Crippen molar-refractivity contribution >= 4 is 5.97 Å². The number of hydrogen-bond acceptors (Lipinski definition) is 4. The molecule has 0 aliphatic heterocycles. The molecule has 0 bridgehead atoms. The number of aryl methyl sites for hydroxylation is 1. The number of nitrogens with zero attached hydrogens (tertiary/aromatic N) is 1. The predicted octanol–water partition coefficient (Wildman–Crippen LogP) is 5.20. The minimum atomic E-state index is -1.15. The fourth-order valence-corrected chi connectivity index (χ4v) is 2.43. The van der Waals surface area contributed by atoms with Gasteiger partial charge in [0.2, 0.25) is 5.43 Å². The first kappa shape index (κ1) is 25.4. The second-order valence-corrected chi connectivity index (χ2v) is 6.41. The Bertz CT molecular complexity index is 768. The summed E-state index contributed by atoms with van der Waals surface area (Å²) < 4.78 is 7.22. The molecular weight excluding hydrogens is 356 g/mol. The molecule has 0 atom stereocenters. The van der Waals surface area contributed by atoms with E-state index in [2.05, 4.69) is 13.8 Å². The second-order valence-electron chi connectivity index (χ2n) is 6.41. The molecule has 0 saturated carbocycles. The largest absolute Gasteiger partial charge is 0.482 e. The van der Waals surface area contributed by atoms with Crippen molar-refractivity contribution in [2.45, 2.75) is 66.5 Å². The van der Waals surface area contributed by atoms with Crippen molar-refractivity contribution in [1.29, 1.82) is 0 Å². The van der Waals surface area contributed by atoms with E-state index in [1.165, 1.54) is 18.9 Å². The second kappa shape index (κ2) is 13.6. The monoisotopic (exact) mass is 390 g/mol. The molecule has 156 valence electrons. The number of aromatic carboxylic acids is 1. The third-order valence-corrected chi connectivity index (χ3v) is 4.14. The number of unbranched alkanes of at least 4 members (excludes halogenated alkanes) is 2. The van der Waals surface area contributed by atoms with Gasteiger partial charge in [0.25, 0.3) is 0 Å². The van der Waals surface area contributed by atoms with Crippen LogP contribution in [0, 0.1) is 6.92 Å². The molecule has 0 amide bonds.